The second-order valence-electron chi connectivity index (χ2n) is 5.91. The fourth-order valence-electron chi connectivity index (χ4n) is 2.60. The highest BCUT2D eigenvalue weighted by Crippen LogP contribution is 2.28. The smallest absolute Gasteiger partial charge is 0.261 e. The Labute approximate surface area is 165 Å². The Hall–Kier alpha value is -3.19. The molecule has 0 heterocycles. The van der Waals surface area contributed by atoms with Gasteiger partial charge in [0.25, 0.3) is 10.0 Å². The molecule has 0 aliphatic heterocycles. The molecule has 0 saturated heterocycles. The lowest BCUT2D eigenvalue weighted by atomic mass is 10.2. The van der Waals surface area contributed by atoms with Gasteiger partial charge in [-0.15, -0.1) is 0 Å². The predicted molar refractivity (Wildman–Crippen MR) is 111 cm³/mol. The highest BCUT2D eigenvalue weighted by atomic mass is 32.2. The Morgan fingerprint density at radius 1 is 0.857 bits per heavy atom. The van der Waals surface area contributed by atoms with E-state index in [1.807, 2.05) is 31.2 Å². The van der Waals surface area contributed by atoms with Gasteiger partial charge in [-0.2, -0.15) is 0 Å². The van der Waals surface area contributed by atoms with Gasteiger partial charge in [0.1, 0.15) is 11.5 Å². The quantitative estimate of drug-likeness (QED) is 0.578. The molecule has 0 unspecified atom stereocenters. The van der Waals surface area contributed by atoms with E-state index in [1.165, 1.54) is 19.2 Å². The summed E-state index contributed by atoms with van der Waals surface area (Å²) < 4.78 is 38.2. The van der Waals surface area contributed by atoms with Crippen LogP contribution >= 0.6 is 0 Å². The number of hydrogen-bond acceptors (Lipinski definition) is 5. The summed E-state index contributed by atoms with van der Waals surface area (Å²) >= 11 is 0. The summed E-state index contributed by atoms with van der Waals surface area (Å²) in [5, 5.41) is 3.28. The summed E-state index contributed by atoms with van der Waals surface area (Å²) in [6, 6.07) is 20.9. The summed E-state index contributed by atoms with van der Waals surface area (Å²) in [5.41, 5.74) is 2.13. The van der Waals surface area contributed by atoms with Crippen LogP contribution in [-0.4, -0.2) is 22.1 Å². The van der Waals surface area contributed by atoms with Gasteiger partial charge in [-0.1, -0.05) is 12.1 Å². The van der Waals surface area contributed by atoms with Crippen molar-refractivity contribution in [3.63, 3.8) is 0 Å². The first-order valence-electron chi connectivity index (χ1n) is 8.77. The third kappa shape index (κ3) is 4.75. The molecule has 0 spiro atoms. The normalized spacial score (nSPS) is 10.9. The van der Waals surface area contributed by atoms with Crippen LogP contribution in [0.3, 0.4) is 0 Å². The zero-order valence-electron chi connectivity index (χ0n) is 15.7. The van der Waals surface area contributed by atoms with Crippen LogP contribution < -0.4 is 19.5 Å². The number of methoxy groups -OCH3 is 1. The van der Waals surface area contributed by atoms with E-state index in [9.17, 15) is 8.42 Å². The Morgan fingerprint density at radius 3 is 2.14 bits per heavy atom. The molecule has 3 rings (SSSR count). The van der Waals surface area contributed by atoms with Crippen LogP contribution in [0.1, 0.15) is 6.92 Å². The molecule has 0 fully saturated rings. The zero-order valence-corrected chi connectivity index (χ0v) is 16.5. The highest BCUT2D eigenvalue weighted by molar-refractivity contribution is 7.92. The summed E-state index contributed by atoms with van der Waals surface area (Å²) in [7, 11) is -2.14. The van der Waals surface area contributed by atoms with Gasteiger partial charge in [-0.25, -0.2) is 8.42 Å². The fraction of sp³-hybridized carbons (Fsp3) is 0.143. The minimum atomic E-state index is -3.67. The molecule has 0 aromatic heterocycles. The molecule has 3 aromatic carbocycles. The van der Waals surface area contributed by atoms with Crippen molar-refractivity contribution >= 4 is 27.1 Å². The Balaban J connectivity index is 1.72. The van der Waals surface area contributed by atoms with Gasteiger partial charge in [0.2, 0.25) is 0 Å². The van der Waals surface area contributed by atoms with Crippen molar-refractivity contribution < 1.29 is 17.9 Å². The monoisotopic (exact) mass is 398 g/mol. The molecule has 0 aliphatic carbocycles. The first kappa shape index (κ1) is 19.6. The zero-order chi connectivity index (χ0) is 20.0. The molecule has 0 aliphatic rings. The van der Waals surface area contributed by atoms with Gasteiger partial charge in [0.15, 0.2) is 0 Å². The molecule has 3 aromatic rings. The van der Waals surface area contributed by atoms with Crippen LogP contribution in [0.5, 0.6) is 11.5 Å². The topological polar surface area (TPSA) is 76.7 Å². The molecule has 0 amide bonds. The number of hydrogen-bond donors (Lipinski definition) is 2. The maximum atomic E-state index is 12.5. The molecule has 0 atom stereocenters. The minimum Gasteiger partial charge on any atom is -0.497 e. The SMILES string of the molecule is CCOc1ccccc1Nc1ccc(NS(=O)(=O)c2ccc(OC)cc2)cc1. The van der Waals surface area contributed by atoms with E-state index in [-0.39, 0.29) is 4.90 Å². The second-order valence-corrected chi connectivity index (χ2v) is 7.59. The van der Waals surface area contributed by atoms with Crippen molar-refractivity contribution in [1.82, 2.24) is 0 Å². The maximum absolute atomic E-state index is 12.5. The van der Waals surface area contributed by atoms with Crippen LogP contribution in [0.2, 0.25) is 0 Å². The fourth-order valence-corrected chi connectivity index (χ4v) is 3.66. The van der Waals surface area contributed by atoms with Gasteiger partial charge in [0, 0.05) is 11.4 Å². The van der Waals surface area contributed by atoms with Crippen LogP contribution in [0.4, 0.5) is 17.1 Å². The standard InChI is InChI=1S/C21H22N2O4S/c1-3-27-21-7-5-4-6-20(21)22-16-8-10-17(11-9-16)23-28(24,25)19-14-12-18(26-2)13-15-19/h4-15,22-23H,3H2,1-2H3. The number of ether oxygens (including phenoxy) is 2. The van der Waals surface area contributed by atoms with Crippen molar-refractivity contribution in [3.8, 4) is 11.5 Å². The number of benzene rings is 3. The van der Waals surface area contributed by atoms with Gasteiger partial charge < -0.3 is 14.8 Å². The van der Waals surface area contributed by atoms with E-state index in [1.54, 1.807) is 36.4 Å². The van der Waals surface area contributed by atoms with Gasteiger partial charge in [-0.3, -0.25) is 4.72 Å². The number of rotatable bonds is 8. The lowest BCUT2D eigenvalue weighted by Gasteiger charge is -2.13. The Bertz CT molecular complexity index is 1020. The molecule has 146 valence electrons. The van der Waals surface area contributed by atoms with Crippen LogP contribution in [0, 0.1) is 0 Å². The van der Waals surface area contributed by atoms with E-state index < -0.39 is 10.0 Å². The van der Waals surface area contributed by atoms with Crippen LogP contribution in [0.15, 0.2) is 77.7 Å². The lowest BCUT2D eigenvalue weighted by molar-refractivity contribution is 0.342. The van der Waals surface area contributed by atoms with Crippen molar-refractivity contribution in [2.24, 2.45) is 0 Å². The number of anilines is 3. The summed E-state index contributed by atoms with van der Waals surface area (Å²) in [6.07, 6.45) is 0. The van der Waals surface area contributed by atoms with Crippen molar-refractivity contribution in [2.45, 2.75) is 11.8 Å². The number of nitrogens with one attached hydrogen (secondary N) is 2. The first-order valence-corrected chi connectivity index (χ1v) is 10.3. The van der Waals surface area contributed by atoms with E-state index in [0.717, 1.165) is 17.1 Å². The molecular weight excluding hydrogens is 376 g/mol. The van der Waals surface area contributed by atoms with E-state index in [0.29, 0.717) is 18.0 Å². The number of para-hydroxylation sites is 2. The summed E-state index contributed by atoms with van der Waals surface area (Å²) in [5.74, 6) is 1.36. The predicted octanol–water partition coefficient (Wildman–Crippen LogP) is 4.64. The van der Waals surface area contributed by atoms with Gasteiger partial charge >= 0.3 is 0 Å². The molecule has 0 radical (unpaired) electrons. The van der Waals surface area contributed by atoms with Crippen molar-refractivity contribution in [2.75, 3.05) is 23.8 Å². The summed E-state index contributed by atoms with van der Waals surface area (Å²) in [6.45, 7) is 2.51. The van der Waals surface area contributed by atoms with Crippen LogP contribution in [0.25, 0.3) is 0 Å². The molecule has 0 saturated carbocycles. The number of sulfonamides is 1. The molecule has 6 nitrogen and oxygen atoms in total. The van der Waals surface area contributed by atoms with E-state index in [2.05, 4.69) is 10.0 Å². The maximum Gasteiger partial charge on any atom is 0.261 e. The van der Waals surface area contributed by atoms with Gasteiger partial charge in [0.05, 0.1) is 24.3 Å². The van der Waals surface area contributed by atoms with Crippen molar-refractivity contribution in [3.05, 3.63) is 72.8 Å². The minimum absolute atomic E-state index is 0.168. The van der Waals surface area contributed by atoms with E-state index >= 15 is 0 Å². The molecule has 28 heavy (non-hydrogen) atoms. The van der Waals surface area contributed by atoms with Gasteiger partial charge in [-0.05, 0) is 67.6 Å². The Morgan fingerprint density at radius 2 is 1.50 bits per heavy atom. The molecule has 2 N–H and O–H groups in total. The molecule has 7 heteroatoms. The lowest BCUT2D eigenvalue weighted by Crippen LogP contribution is -2.12. The average Bonchev–Trinajstić information content (AvgIpc) is 2.71. The van der Waals surface area contributed by atoms with Crippen molar-refractivity contribution in [1.29, 1.82) is 0 Å². The van der Waals surface area contributed by atoms with Crippen LogP contribution in [-0.2, 0) is 10.0 Å². The second kappa shape index (κ2) is 8.67. The third-order valence-electron chi connectivity index (χ3n) is 3.97. The average molecular weight is 398 g/mol. The first-order chi connectivity index (χ1) is 13.5. The summed E-state index contributed by atoms with van der Waals surface area (Å²) in [4.78, 5) is 0.168. The third-order valence-corrected chi connectivity index (χ3v) is 5.37. The Kier molecular flexibility index (Phi) is 6.06. The molecule has 0 bridgehead atoms. The largest absolute Gasteiger partial charge is 0.497 e. The van der Waals surface area contributed by atoms with E-state index in [4.69, 9.17) is 9.47 Å². The molecular formula is C21H22N2O4S. The highest BCUT2D eigenvalue weighted by Gasteiger charge is 2.14.